The number of alkyl halides is 1. The third-order valence-corrected chi connectivity index (χ3v) is 4.40. The number of ketones is 1. The molecule has 1 aromatic rings. The van der Waals surface area contributed by atoms with E-state index in [1.807, 2.05) is 0 Å². The number of carbonyl (C=O) groups is 1. The van der Waals surface area contributed by atoms with Crippen molar-refractivity contribution in [3.05, 3.63) is 17.5 Å². The molecule has 3 heterocycles. The quantitative estimate of drug-likeness (QED) is 0.391. The molecule has 3 aliphatic rings. The lowest BCUT2D eigenvalue weighted by molar-refractivity contribution is 0.0814. The maximum atomic E-state index is 12.4. The zero-order valence-electron chi connectivity index (χ0n) is 9.05. The van der Waals surface area contributed by atoms with E-state index in [2.05, 4.69) is 15.3 Å². The van der Waals surface area contributed by atoms with Gasteiger partial charge >= 0.3 is 0 Å². The van der Waals surface area contributed by atoms with Gasteiger partial charge in [0.15, 0.2) is 0 Å². The van der Waals surface area contributed by atoms with Crippen molar-refractivity contribution in [2.45, 2.75) is 10.6 Å². The van der Waals surface area contributed by atoms with Gasteiger partial charge in [-0.25, -0.2) is 0 Å². The Hall–Kier alpha value is -1.27. The van der Waals surface area contributed by atoms with Crippen molar-refractivity contribution in [1.29, 1.82) is 0 Å². The Morgan fingerprint density at radius 2 is 2.41 bits per heavy atom. The normalized spacial score (nSPS) is 41.8. The molecule has 7 heteroatoms. The maximum Gasteiger partial charge on any atom is 0.226 e. The standard InChI is InChI=1S/C10H9ClN4O2/c1-15-7-5(2-13-15)9(4-17-9)6-3-12-14-10(6,11)8(7)16/h2,6H,3-4H2,1H3/t6-,9-,10-/m1/s1. The Morgan fingerprint density at radius 1 is 1.65 bits per heavy atom. The van der Waals surface area contributed by atoms with Crippen molar-refractivity contribution < 1.29 is 9.53 Å². The van der Waals surface area contributed by atoms with Crippen molar-refractivity contribution in [2.24, 2.45) is 23.2 Å². The van der Waals surface area contributed by atoms with Crippen molar-refractivity contribution in [3.63, 3.8) is 0 Å². The van der Waals surface area contributed by atoms with Crippen LogP contribution in [0.15, 0.2) is 16.4 Å². The number of epoxide rings is 1. The minimum absolute atomic E-state index is 0.208. The molecular formula is C10H9ClN4O2. The molecule has 1 aromatic heterocycles. The van der Waals surface area contributed by atoms with Crippen LogP contribution in [0.25, 0.3) is 0 Å². The number of Topliss-reactive ketones (excluding diaryl/α,β-unsaturated/α-hetero) is 1. The first-order valence-corrected chi connectivity index (χ1v) is 5.76. The van der Waals surface area contributed by atoms with Crippen LogP contribution in [0.1, 0.15) is 16.1 Å². The first-order valence-electron chi connectivity index (χ1n) is 5.38. The van der Waals surface area contributed by atoms with Gasteiger partial charge in [0.05, 0.1) is 25.3 Å². The summed E-state index contributed by atoms with van der Waals surface area (Å²) in [6.07, 6.45) is 1.69. The number of halogens is 1. The van der Waals surface area contributed by atoms with Gasteiger partial charge in [-0.1, -0.05) is 11.6 Å². The minimum atomic E-state index is -1.29. The van der Waals surface area contributed by atoms with Crippen LogP contribution in [0.4, 0.5) is 0 Å². The summed E-state index contributed by atoms with van der Waals surface area (Å²) < 4.78 is 7.13. The highest BCUT2D eigenvalue weighted by molar-refractivity contribution is 6.38. The number of ether oxygens (including phenoxy) is 1. The predicted molar refractivity (Wildman–Crippen MR) is 57.0 cm³/mol. The largest absolute Gasteiger partial charge is 0.364 e. The molecule has 6 nitrogen and oxygen atoms in total. The number of carbonyl (C=O) groups excluding carboxylic acids is 1. The molecule has 1 aliphatic carbocycles. The lowest BCUT2D eigenvalue weighted by atomic mass is 9.74. The van der Waals surface area contributed by atoms with Crippen molar-refractivity contribution >= 4 is 17.4 Å². The smallest absolute Gasteiger partial charge is 0.226 e. The summed E-state index contributed by atoms with van der Waals surface area (Å²) in [5, 5.41) is 12.0. The van der Waals surface area contributed by atoms with Crippen LogP contribution in [0.3, 0.4) is 0 Å². The highest BCUT2D eigenvalue weighted by Crippen LogP contribution is 2.58. The van der Waals surface area contributed by atoms with E-state index >= 15 is 0 Å². The summed E-state index contributed by atoms with van der Waals surface area (Å²) in [4.78, 5) is 11.1. The summed E-state index contributed by atoms with van der Waals surface area (Å²) in [6.45, 7) is 0.993. The van der Waals surface area contributed by atoms with Crippen LogP contribution in [0.2, 0.25) is 0 Å². The molecule has 0 unspecified atom stereocenters. The van der Waals surface area contributed by atoms with Crippen molar-refractivity contribution in [1.82, 2.24) is 9.78 Å². The molecule has 1 fully saturated rings. The average Bonchev–Trinajstić information content (AvgIpc) is 2.82. The summed E-state index contributed by atoms with van der Waals surface area (Å²) in [7, 11) is 1.72. The number of fused-ring (bicyclic) bond motifs is 4. The van der Waals surface area contributed by atoms with Crippen LogP contribution in [0.5, 0.6) is 0 Å². The fraction of sp³-hybridized carbons (Fsp3) is 0.600. The first kappa shape index (κ1) is 9.73. The van der Waals surface area contributed by atoms with E-state index in [9.17, 15) is 4.79 Å². The van der Waals surface area contributed by atoms with E-state index in [-0.39, 0.29) is 11.7 Å². The number of nitrogens with zero attached hydrogens (tertiary/aromatic N) is 4. The van der Waals surface area contributed by atoms with Crippen molar-refractivity contribution in [3.8, 4) is 0 Å². The van der Waals surface area contributed by atoms with E-state index in [1.165, 1.54) is 4.68 Å². The second kappa shape index (κ2) is 2.59. The SMILES string of the molecule is Cn1ncc2c1C(=O)[C@]1(Cl)N=NC[C@@H]1[C@@]21CO1. The fourth-order valence-electron chi connectivity index (χ4n) is 2.88. The number of hydrogen-bond donors (Lipinski definition) is 0. The average molecular weight is 253 g/mol. The Bertz CT molecular complexity index is 577. The highest BCUT2D eigenvalue weighted by Gasteiger charge is 2.70. The molecule has 17 heavy (non-hydrogen) atoms. The molecule has 0 radical (unpaired) electrons. The van der Waals surface area contributed by atoms with Crippen LogP contribution in [-0.2, 0) is 17.4 Å². The lowest BCUT2D eigenvalue weighted by Gasteiger charge is -2.33. The van der Waals surface area contributed by atoms with Crippen LogP contribution in [-0.4, -0.2) is 33.7 Å². The molecule has 2 aliphatic heterocycles. The summed E-state index contributed by atoms with van der Waals surface area (Å²) in [5.41, 5.74) is 0.830. The van der Waals surface area contributed by atoms with Gasteiger partial charge in [0.2, 0.25) is 10.8 Å². The van der Waals surface area contributed by atoms with Gasteiger partial charge in [0.1, 0.15) is 11.3 Å². The van der Waals surface area contributed by atoms with Gasteiger partial charge in [-0.15, -0.1) is 0 Å². The topological polar surface area (TPSA) is 72.1 Å². The van der Waals surface area contributed by atoms with E-state index in [0.717, 1.165) is 5.56 Å². The number of aryl methyl sites for hydroxylation is 1. The molecule has 0 bridgehead atoms. The van der Waals surface area contributed by atoms with E-state index in [1.54, 1.807) is 13.2 Å². The maximum absolute atomic E-state index is 12.4. The molecule has 0 aromatic carbocycles. The number of aromatic nitrogens is 2. The van der Waals surface area contributed by atoms with Gasteiger partial charge in [-0.3, -0.25) is 9.48 Å². The van der Waals surface area contributed by atoms with E-state index < -0.39 is 10.6 Å². The minimum Gasteiger partial charge on any atom is -0.364 e. The van der Waals surface area contributed by atoms with Gasteiger partial charge in [-0.05, 0) is 0 Å². The first-order chi connectivity index (χ1) is 8.09. The van der Waals surface area contributed by atoms with Gasteiger partial charge in [0.25, 0.3) is 0 Å². The van der Waals surface area contributed by atoms with Gasteiger partial charge < -0.3 is 4.74 Å². The number of azo groups is 1. The van der Waals surface area contributed by atoms with Crippen molar-refractivity contribution in [2.75, 3.05) is 13.2 Å². The summed E-state index contributed by atoms with van der Waals surface area (Å²) >= 11 is 6.37. The van der Waals surface area contributed by atoms with Crippen LogP contribution >= 0.6 is 11.6 Å². The van der Waals surface area contributed by atoms with Crippen LogP contribution < -0.4 is 0 Å². The van der Waals surface area contributed by atoms with E-state index in [0.29, 0.717) is 18.8 Å². The molecule has 88 valence electrons. The molecule has 0 saturated carbocycles. The Labute approximate surface area is 102 Å². The molecule has 1 spiro atoms. The molecule has 0 amide bonds. The van der Waals surface area contributed by atoms with Gasteiger partial charge in [-0.2, -0.15) is 15.3 Å². The zero-order chi connectivity index (χ0) is 11.8. The van der Waals surface area contributed by atoms with Crippen LogP contribution in [0, 0.1) is 5.92 Å². The monoisotopic (exact) mass is 252 g/mol. The zero-order valence-corrected chi connectivity index (χ0v) is 9.81. The number of hydrogen-bond acceptors (Lipinski definition) is 5. The third-order valence-electron chi connectivity index (χ3n) is 3.89. The molecule has 3 atom stereocenters. The van der Waals surface area contributed by atoms with Gasteiger partial charge in [0, 0.05) is 12.6 Å². The summed E-state index contributed by atoms with van der Waals surface area (Å²) in [5.74, 6) is -0.428. The second-order valence-electron chi connectivity index (χ2n) is 4.69. The van der Waals surface area contributed by atoms with E-state index in [4.69, 9.17) is 16.3 Å². The Kier molecular flexibility index (Phi) is 1.48. The molecular weight excluding hydrogens is 244 g/mol. The predicted octanol–water partition coefficient (Wildman–Crippen LogP) is 0.859. The summed E-state index contributed by atoms with van der Waals surface area (Å²) in [6, 6.07) is 0. The third kappa shape index (κ3) is 0.892. The number of rotatable bonds is 0. The molecule has 0 N–H and O–H groups in total. The molecule has 4 rings (SSSR count). The Morgan fingerprint density at radius 3 is 3.12 bits per heavy atom. The molecule has 1 saturated heterocycles. The fourth-order valence-corrected chi connectivity index (χ4v) is 3.27. The second-order valence-corrected chi connectivity index (χ2v) is 5.26. The Balaban J connectivity index is 2.03. The highest BCUT2D eigenvalue weighted by atomic mass is 35.5. The lowest BCUT2D eigenvalue weighted by Crippen LogP contribution is -2.49.